The minimum absolute atomic E-state index is 0.170. The van der Waals surface area contributed by atoms with Crippen molar-refractivity contribution in [3.63, 3.8) is 0 Å². The number of nitrogens with two attached hydrogens (primary N) is 1. The van der Waals surface area contributed by atoms with Crippen molar-refractivity contribution < 1.29 is 9.53 Å². The number of rotatable bonds is 3. The third-order valence-electron chi connectivity index (χ3n) is 4.98. The van der Waals surface area contributed by atoms with Gasteiger partial charge in [0.15, 0.2) is 0 Å². The molecule has 0 aliphatic carbocycles. The Labute approximate surface area is 163 Å². The van der Waals surface area contributed by atoms with E-state index >= 15 is 0 Å². The summed E-state index contributed by atoms with van der Waals surface area (Å²) in [6.45, 7) is 2.79. The van der Waals surface area contributed by atoms with Crippen LogP contribution >= 0.6 is 12.2 Å². The molecule has 2 aromatic carbocycles. The molecule has 3 atom stereocenters. The summed E-state index contributed by atoms with van der Waals surface area (Å²) in [6.07, 6.45) is -0.858. The third kappa shape index (κ3) is 3.95. The molecule has 3 unspecified atom stereocenters. The van der Waals surface area contributed by atoms with E-state index in [0.29, 0.717) is 18.2 Å². The standard InChI is InChI=1S/C19H23N5O2S/c20-16-15(17(25)23-19(22-16)24-7-9-26-10-8-24)18(27)21-14-6-5-12-3-1-2-4-13(12)11-14/h1-6,11,15-16,19,22H,7-10,20H2,(H,21,27)(H,23,25). The van der Waals surface area contributed by atoms with Crippen molar-refractivity contribution in [2.24, 2.45) is 11.7 Å². The number of morpholine rings is 1. The summed E-state index contributed by atoms with van der Waals surface area (Å²) < 4.78 is 5.36. The lowest BCUT2D eigenvalue weighted by Crippen LogP contribution is -2.71. The van der Waals surface area contributed by atoms with Gasteiger partial charge in [0.2, 0.25) is 5.91 Å². The zero-order chi connectivity index (χ0) is 18.8. The molecule has 0 spiro atoms. The molecule has 0 saturated carbocycles. The van der Waals surface area contributed by atoms with Crippen LogP contribution in [-0.4, -0.2) is 54.6 Å². The van der Waals surface area contributed by atoms with Gasteiger partial charge in [-0.25, -0.2) is 0 Å². The molecule has 0 radical (unpaired) electrons. The summed E-state index contributed by atoms with van der Waals surface area (Å²) in [7, 11) is 0. The van der Waals surface area contributed by atoms with Gasteiger partial charge in [-0.15, -0.1) is 0 Å². The maximum Gasteiger partial charge on any atom is 0.235 e. The van der Waals surface area contributed by atoms with E-state index in [4.69, 9.17) is 22.7 Å². The number of nitrogens with zero attached hydrogens (tertiary/aromatic N) is 1. The van der Waals surface area contributed by atoms with Crippen LogP contribution in [0.4, 0.5) is 5.69 Å². The number of anilines is 1. The molecular formula is C19H23N5O2S. The fourth-order valence-corrected chi connectivity index (χ4v) is 3.88. The fourth-order valence-electron chi connectivity index (χ4n) is 3.51. The van der Waals surface area contributed by atoms with Crippen LogP contribution < -0.4 is 21.7 Å². The average Bonchev–Trinajstić information content (AvgIpc) is 2.68. The third-order valence-corrected chi connectivity index (χ3v) is 5.34. The Morgan fingerprint density at radius 3 is 2.67 bits per heavy atom. The molecule has 0 aromatic heterocycles. The second-order valence-corrected chi connectivity index (χ2v) is 7.22. The monoisotopic (exact) mass is 385 g/mol. The van der Waals surface area contributed by atoms with Crippen LogP contribution in [0.25, 0.3) is 10.8 Å². The van der Waals surface area contributed by atoms with E-state index < -0.39 is 12.1 Å². The van der Waals surface area contributed by atoms with Gasteiger partial charge in [-0.2, -0.15) is 0 Å². The van der Waals surface area contributed by atoms with Crippen molar-refractivity contribution in [2.45, 2.75) is 12.5 Å². The molecule has 2 heterocycles. The van der Waals surface area contributed by atoms with E-state index in [1.54, 1.807) is 0 Å². The number of thiocarbonyl (C=S) groups is 1. The summed E-state index contributed by atoms with van der Waals surface area (Å²) in [5, 5.41) is 11.7. The molecule has 7 nitrogen and oxygen atoms in total. The van der Waals surface area contributed by atoms with Crippen LogP contribution in [0.3, 0.4) is 0 Å². The second kappa shape index (κ2) is 7.87. The van der Waals surface area contributed by atoms with E-state index in [-0.39, 0.29) is 12.2 Å². The Hall–Kier alpha value is -2.10. The maximum absolute atomic E-state index is 12.7. The lowest BCUT2D eigenvalue weighted by Gasteiger charge is -2.42. The highest BCUT2D eigenvalue weighted by Gasteiger charge is 2.39. The Bertz CT molecular complexity index is 855. The molecular weight excluding hydrogens is 362 g/mol. The van der Waals surface area contributed by atoms with Gasteiger partial charge in [-0.1, -0.05) is 42.5 Å². The molecule has 8 heteroatoms. The minimum atomic E-state index is -0.635. The largest absolute Gasteiger partial charge is 0.379 e. The molecule has 0 bridgehead atoms. The minimum Gasteiger partial charge on any atom is -0.379 e. The Kier molecular flexibility index (Phi) is 5.33. The van der Waals surface area contributed by atoms with Gasteiger partial charge >= 0.3 is 0 Å². The number of hydrogen-bond acceptors (Lipinski definition) is 6. The predicted molar refractivity (Wildman–Crippen MR) is 109 cm³/mol. The molecule has 2 aliphatic heterocycles. The van der Waals surface area contributed by atoms with Crippen molar-refractivity contribution in [1.82, 2.24) is 15.5 Å². The topological polar surface area (TPSA) is 91.7 Å². The van der Waals surface area contributed by atoms with Crippen LogP contribution in [0.2, 0.25) is 0 Å². The first-order valence-corrected chi connectivity index (χ1v) is 9.46. The van der Waals surface area contributed by atoms with E-state index in [9.17, 15) is 4.79 Å². The maximum atomic E-state index is 12.7. The number of ether oxygens (including phenoxy) is 1. The average molecular weight is 385 g/mol. The van der Waals surface area contributed by atoms with E-state index in [1.807, 2.05) is 36.4 Å². The van der Waals surface area contributed by atoms with E-state index in [1.165, 1.54) is 0 Å². The fraction of sp³-hybridized carbons (Fsp3) is 0.368. The summed E-state index contributed by atoms with van der Waals surface area (Å²) in [6, 6.07) is 14.1. The molecule has 142 valence electrons. The number of benzene rings is 2. The molecule has 2 saturated heterocycles. The SMILES string of the molecule is NC1NC(N2CCOCC2)NC(=O)C1C(=S)Nc1ccc2ccccc2c1. The highest BCUT2D eigenvalue weighted by atomic mass is 32.1. The normalized spacial score (nSPS) is 26.6. The van der Waals surface area contributed by atoms with Gasteiger partial charge < -0.3 is 21.1 Å². The van der Waals surface area contributed by atoms with Crippen LogP contribution in [0, 0.1) is 5.92 Å². The number of carbonyl (C=O) groups excluding carboxylic acids is 1. The van der Waals surface area contributed by atoms with Gasteiger partial charge in [0.1, 0.15) is 12.2 Å². The second-order valence-electron chi connectivity index (χ2n) is 6.78. The smallest absolute Gasteiger partial charge is 0.235 e. The zero-order valence-electron chi connectivity index (χ0n) is 14.9. The summed E-state index contributed by atoms with van der Waals surface area (Å²) in [5.41, 5.74) is 7.10. The number of amides is 1. The van der Waals surface area contributed by atoms with Crippen LogP contribution in [0.5, 0.6) is 0 Å². The van der Waals surface area contributed by atoms with E-state index in [0.717, 1.165) is 29.5 Å². The summed E-state index contributed by atoms with van der Waals surface area (Å²) in [4.78, 5) is 15.2. The molecule has 2 fully saturated rings. The Balaban J connectivity index is 1.44. The van der Waals surface area contributed by atoms with Crippen molar-refractivity contribution in [2.75, 3.05) is 31.6 Å². The number of fused-ring (bicyclic) bond motifs is 1. The molecule has 4 rings (SSSR count). The highest BCUT2D eigenvalue weighted by Crippen LogP contribution is 2.21. The van der Waals surface area contributed by atoms with Gasteiger partial charge in [-0.05, 0) is 22.9 Å². The van der Waals surface area contributed by atoms with Crippen molar-refractivity contribution in [3.05, 3.63) is 42.5 Å². The zero-order valence-corrected chi connectivity index (χ0v) is 15.7. The highest BCUT2D eigenvalue weighted by molar-refractivity contribution is 7.80. The van der Waals surface area contributed by atoms with Gasteiger partial charge in [0.05, 0.1) is 24.4 Å². The quantitative estimate of drug-likeness (QED) is 0.582. The number of hydrogen-bond donors (Lipinski definition) is 4. The molecule has 5 N–H and O–H groups in total. The van der Waals surface area contributed by atoms with Crippen LogP contribution in [0.15, 0.2) is 42.5 Å². The lowest BCUT2D eigenvalue weighted by molar-refractivity contribution is -0.130. The number of nitrogens with one attached hydrogen (secondary N) is 3. The Morgan fingerprint density at radius 1 is 1.19 bits per heavy atom. The lowest BCUT2D eigenvalue weighted by atomic mass is 10.0. The molecule has 2 aromatic rings. The Morgan fingerprint density at radius 2 is 1.93 bits per heavy atom. The van der Waals surface area contributed by atoms with E-state index in [2.05, 4.69) is 26.9 Å². The van der Waals surface area contributed by atoms with Crippen molar-refractivity contribution in [1.29, 1.82) is 0 Å². The van der Waals surface area contributed by atoms with Crippen molar-refractivity contribution >= 4 is 39.6 Å². The molecule has 2 aliphatic rings. The first kappa shape index (κ1) is 18.3. The van der Waals surface area contributed by atoms with Crippen LogP contribution in [-0.2, 0) is 9.53 Å². The first-order chi connectivity index (χ1) is 13.1. The predicted octanol–water partition coefficient (Wildman–Crippen LogP) is 0.815. The van der Waals surface area contributed by atoms with Crippen LogP contribution in [0.1, 0.15) is 0 Å². The van der Waals surface area contributed by atoms with Crippen molar-refractivity contribution in [3.8, 4) is 0 Å². The van der Waals surface area contributed by atoms with Gasteiger partial charge in [0.25, 0.3) is 0 Å². The first-order valence-electron chi connectivity index (χ1n) is 9.05. The molecule has 27 heavy (non-hydrogen) atoms. The number of carbonyl (C=O) groups is 1. The molecule has 1 amide bonds. The summed E-state index contributed by atoms with van der Waals surface area (Å²) >= 11 is 5.50. The summed E-state index contributed by atoms with van der Waals surface area (Å²) in [5.74, 6) is -0.806. The van der Waals surface area contributed by atoms with Gasteiger partial charge in [0, 0.05) is 18.8 Å². The van der Waals surface area contributed by atoms with Gasteiger partial charge in [-0.3, -0.25) is 15.0 Å².